The highest BCUT2D eigenvalue weighted by Gasteiger charge is 2.27. The molecule has 2 heterocycles. The second-order valence-corrected chi connectivity index (χ2v) is 4.93. The van der Waals surface area contributed by atoms with Crippen molar-refractivity contribution in [2.75, 3.05) is 13.1 Å². The number of aromatic nitrogens is 2. The lowest BCUT2D eigenvalue weighted by Crippen LogP contribution is -2.29. The van der Waals surface area contributed by atoms with Crippen molar-refractivity contribution < 1.29 is 4.79 Å². The average Bonchev–Trinajstić information content (AvgIpc) is 2.80. The van der Waals surface area contributed by atoms with Crippen LogP contribution in [0.1, 0.15) is 30.1 Å². The first-order chi connectivity index (χ1) is 8.11. The van der Waals surface area contributed by atoms with Gasteiger partial charge in [0, 0.05) is 13.1 Å². The Kier molecular flexibility index (Phi) is 3.84. The fraction of sp³-hybridized carbons (Fsp3) is 0.545. The van der Waals surface area contributed by atoms with E-state index in [1.807, 2.05) is 0 Å². The van der Waals surface area contributed by atoms with Crippen LogP contribution in [0.5, 0.6) is 0 Å². The number of likely N-dealkylation sites (tertiary alicyclic amines) is 1. The van der Waals surface area contributed by atoms with Crippen molar-refractivity contribution in [3.8, 4) is 0 Å². The third kappa shape index (κ3) is 2.69. The third-order valence-electron chi connectivity index (χ3n) is 3.10. The molecule has 0 bridgehead atoms. The van der Waals surface area contributed by atoms with Crippen molar-refractivity contribution in [3.63, 3.8) is 0 Å². The molecule has 0 radical (unpaired) electrons. The zero-order valence-electron chi connectivity index (χ0n) is 9.49. The van der Waals surface area contributed by atoms with Crippen LogP contribution in [0.25, 0.3) is 0 Å². The Morgan fingerprint density at radius 2 is 2.29 bits per heavy atom. The van der Waals surface area contributed by atoms with Gasteiger partial charge in [0.1, 0.15) is 0 Å². The first kappa shape index (κ1) is 12.6. The molecule has 1 aromatic rings. The van der Waals surface area contributed by atoms with Gasteiger partial charge in [-0.15, -0.1) is 10.2 Å². The molecule has 4 nitrogen and oxygen atoms in total. The topological polar surface area (TPSA) is 46.1 Å². The minimum atomic E-state index is -0.109. The Morgan fingerprint density at radius 3 is 2.94 bits per heavy atom. The summed E-state index contributed by atoms with van der Waals surface area (Å²) in [6, 6.07) is 1.47. The van der Waals surface area contributed by atoms with Crippen LogP contribution in [0.2, 0.25) is 10.3 Å². The van der Waals surface area contributed by atoms with Gasteiger partial charge >= 0.3 is 0 Å². The molecule has 92 valence electrons. The molecule has 1 amide bonds. The molecule has 0 saturated carbocycles. The largest absolute Gasteiger partial charge is 0.338 e. The molecule has 1 fully saturated rings. The van der Waals surface area contributed by atoms with Gasteiger partial charge in [-0.05, 0) is 18.4 Å². The second-order valence-electron chi connectivity index (χ2n) is 4.19. The summed E-state index contributed by atoms with van der Waals surface area (Å²) in [6.07, 6.45) is 2.14. The molecule has 1 atom stereocenters. The quantitative estimate of drug-likeness (QED) is 0.832. The molecule has 1 aromatic heterocycles. The number of nitrogens with zero attached hydrogens (tertiary/aromatic N) is 3. The first-order valence-electron chi connectivity index (χ1n) is 5.59. The maximum absolute atomic E-state index is 12.2. The molecule has 0 aromatic carbocycles. The summed E-state index contributed by atoms with van der Waals surface area (Å²) in [4.78, 5) is 14.0. The Labute approximate surface area is 110 Å². The SMILES string of the molecule is CCC1CCN(C(=O)c2cc(Cl)nnc2Cl)C1. The van der Waals surface area contributed by atoms with Crippen molar-refractivity contribution in [2.45, 2.75) is 19.8 Å². The monoisotopic (exact) mass is 273 g/mol. The Bertz CT molecular complexity index is 439. The summed E-state index contributed by atoms with van der Waals surface area (Å²) in [5.74, 6) is 0.478. The van der Waals surface area contributed by atoms with Crippen molar-refractivity contribution in [1.82, 2.24) is 15.1 Å². The van der Waals surface area contributed by atoms with E-state index in [2.05, 4.69) is 17.1 Å². The van der Waals surface area contributed by atoms with Crippen molar-refractivity contribution in [1.29, 1.82) is 0 Å². The summed E-state index contributed by atoms with van der Waals surface area (Å²) in [5, 5.41) is 7.53. The Balaban J connectivity index is 2.17. The van der Waals surface area contributed by atoms with Crippen LogP contribution in [-0.2, 0) is 0 Å². The van der Waals surface area contributed by atoms with E-state index in [-0.39, 0.29) is 16.2 Å². The van der Waals surface area contributed by atoms with Crippen molar-refractivity contribution >= 4 is 29.1 Å². The number of rotatable bonds is 2. The van der Waals surface area contributed by atoms with E-state index in [1.165, 1.54) is 6.07 Å². The van der Waals surface area contributed by atoms with Gasteiger partial charge in [-0.25, -0.2) is 0 Å². The van der Waals surface area contributed by atoms with Crippen LogP contribution >= 0.6 is 23.2 Å². The normalized spacial score (nSPS) is 19.7. The molecule has 6 heteroatoms. The number of carbonyl (C=O) groups excluding carboxylic acids is 1. The van der Waals surface area contributed by atoms with Crippen LogP contribution in [0.3, 0.4) is 0 Å². The van der Waals surface area contributed by atoms with Crippen LogP contribution in [0.4, 0.5) is 0 Å². The fourth-order valence-electron chi connectivity index (χ4n) is 2.02. The second kappa shape index (κ2) is 5.19. The van der Waals surface area contributed by atoms with Crippen molar-refractivity contribution in [2.24, 2.45) is 5.92 Å². The van der Waals surface area contributed by atoms with Gasteiger partial charge in [-0.1, -0.05) is 36.5 Å². The number of carbonyl (C=O) groups is 1. The van der Waals surface area contributed by atoms with E-state index < -0.39 is 0 Å². The van der Waals surface area contributed by atoms with E-state index in [1.54, 1.807) is 4.90 Å². The molecule has 1 unspecified atom stereocenters. The zero-order chi connectivity index (χ0) is 12.4. The predicted molar refractivity (Wildman–Crippen MR) is 66.4 cm³/mol. The highest BCUT2D eigenvalue weighted by Crippen LogP contribution is 2.23. The van der Waals surface area contributed by atoms with Crippen molar-refractivity contribution in [3.05, 3.63) is 21.9 Å². The van der Waals surface area contributed by atoms with Crippen LogP contribution in [0.15, 0.2) is 6.07 Å². The van der Waals surface area contributed by atoms with Crippen LogP contribution < -0.4 is 0 Å². The Morgan fingerprint density at radius 1 is 1.53 bits per heavy atom. The van der Waals surface area contributed by atoms with Crippen LogP contribution in [0, 0.1) is 5.92 Å². The fourth-order valence-corrected chi connectivity index (χ4v) is 2.34. The molecule has 0 N–H and O–H groups in total. The molecule has 1 aliphatic heterocycles. The number of amides is 1. The van der Waals surface area contributed by atoms with Gasteiger partial charge in [0.15, 0.2) is 10.3 Å². The van der Waals surface area contributed by atoms with Gasteiger partial charge in [0.25, 0.3) is 5.91 Å². The molecular formula is C11H13Cl2N3O. The minimum Gasteiger partial charge on any atom is -0.338 e. The molecule has 2 rings (SSSR count). The lowest BCUT2D eigenvalue weighted by molar-refractivity contribution is 0.0786. The van der Waals surface area contributed by atoms with Gasteiger partial charge < -0.3 is 4.90 Å². The van der Waals surface area contributed by atoms with E-state index in [0.717, 1.165) is 25.9 Å². The van der Waals surface area contributed by atoms with Gasteiger partial charge in [0.2, 0.25) is 0 Å². The van der Waals surface area contributed by atoms with E-state index in [9.17, 15) is 4.79 Å². The maximum atomic E-state index is 12.2. The van der Waals surface area contributed by atoms with Gasteiger partial charge in [0.05, 0.1) is 5.56 Å². The van der Waals surface area contributed by atoms with E-state index in [4.69, 9.17) is 23.2 Å². The molecule has 1 aliphatic rings. The average molecular weight is 274 g/mol. The number of hydrogen-bond acceptors (Lipinski definition) is 3. The summed E-state index contributed by atoms with van der Waals surface area (Å²) in [5.41, 5.74) is 0.336. The summed E-state index contributed by atoms with van der Waals surface area (Å²) in [6.45, 7) is 3.69. The van der Waals surface area contributed by atoms with Crippen LogP contribution in [-0.4, -0.2) is 34.1 Å². The standard InChI is InChI=1S/C11H13Cl2N3O/c1-2-7-3-4-16(6-7)11(17)8-5-9(12)14-15-10(8)13/h5,7H,2-4,6H2,1H3. The first-order valence-corrected chi connectivity index (χ1v) is 6.35. The highest BCUT2D eigenvalue weighted by atomic mass is 35.5. The van der Waals surface area contributed by atoms with E-state index in [0.29, 0.717) is 11.5 Å². The number of hydrogen-bond donors (Lipinski definition) is 0. The molecule has 17 heavy (non-hydrogen) atoms. The third-order valence-corrected chi connectivity index (χ3v) is 3.56. The zero-order valence-corrected chi connectivity index (χ0v) is 11.0. The number of halogens is 2. The van der Waals surface area contributed by atoms with E-state index >= 15 is 0 Å². The minimum absolute atomic E-state index is 0.109. The lowest BCUT2D eigenvalue weighted by atomic mass is 10.1. The Hall–Kier alpha value is -0.870. The molecule has 0 aliphatic carbocycles. The molecule has 0 spiro atoms. The highest BCUT2D eigenvalue weighted by molar-refractivity contribution is 6.34. The smallest absolute Gasteiger partial charge is 0.257 e. The summed E-state index contributed by atoms with van der Waals surface area (Å²) in [7, 11) is 0. The van der Waals surface area contributed by atoms with Gasteiger partial charge in [-0.2, -0.15) is 0 Å². The summed E-state index contributed by atoms with van der Waals surface area (Å²) < 4.78 is 0. The molecule has 1 saturated heterocycles. The lowest BCUT2D eigenvalue weighted by Gasteiger charge is -2.16. The summed E-state index contributed by atoms with van der Waals surface area (Å²) >= 11 is 11.6. The predicted octanol–water partition coefficient (Wildman–Crippen LogP) is 2.66. The molecular weight excluding hydrogens is 261 g/mol. The maximum Gasteiger partial charge on any atom is 0.257 e. The van der Waals surface area contributed by atoms with Gasteiger partial charge in [-0.3, -0.25) is 4.79 Å².